The maximum atomic E-state index is 3.90. The second-order valence-corrected chi connectivity index (χ2v) is 3.80. The van der Waals surface area contributed by atoms with Crippen LogP contribution in [0.2, 0.25) is 0 Å². The summed E-state index contributed by atoms with van der Waals surface area (Å²) in [4.78, 5) is 0. The minimum Gasteiger partial charge on any atom is -0.282 e. The fourth-order valence-corrected chi connectivity index (χ4v) is 1.70. The van der Waals surface area contributed by atoms with Crippen LogP contribution >= 0.6 is 15.9 Å². The van der Waals surface area contributed by atoms with Crippen molar-refractivity contribution in [2.75, 3.05) is 0 Å². The Bertz CT molecular complexity index is 382. The van der Waals surface area contributed by atoms with Gasteiger partial charge in [0.2, 0.25) is 0 Å². The number of aromatic nitrogens is 2. The molecular weight excluding hydrogens is 228 g/mol. The molecule has 1 aromatic heterocycles. The van der Waals surface area contributed by atoms with Crippen molar-refractivity contribution < 1.29 is 0 Å². The van der Waals surface area contributed by atoms with E-state index in [2.05, 4.69) is 38.3 Å². The van der Waals surface area contributed by atoms with Gasteiger partial charge in [-0.1, -0.05) is 28.1 Å². The monoisotopic (exact) mass is 236 g/mol. The van der Waals surface area contributed by atoms with Gasteiger partial charge in [-0.3, -0.25) is 5.10 Å². The van der Waals surface area contributed by atoms with Crippen LogP contribution in [0.15, 0.2) is 41.0 Å². The summed E-state index contributed by atoms with van der Waals surface area (Å²) in [6.07, 6.45) is 2.67. The Morgan fingerprint density at radius 2 is 2.23 bits per heavy atom. The molecule has 0 radical (unpaired) electrons. The highest BCUT2D eigenvalue weighted by atomic mass is 79.9. The quantitative estimate of drug-likeness (QED) is 0.854. The van der Waals surface area contributed by atoms with Crippen molar-refractivity contribution in [3.05, 3.63) is 52.3 Å². The molecular formula is C10H9BrN2. The van der Waals surface area contributed by atoms with Gasteiger partial charge in [0.15, 0.2) is 0 Å². The maximum Gasteiger partial charge on any atom is 0.0490 e. The lowest BCUT2D eigenvalue weighted by Gasteiger charge is -1.98. The van der Waals surface area contributed by atoms with Gasteiger partial charge in [-0.05, 0) is 23.8 Å². The van der Waals surface area contributed by atoms with E-state index in [-0.39, 0.29) is 0 Å². The lowest BCUT2D eigenvalue weighted by molar-refractivity contribution is 0.996. The summed E-state index contributed by atoms with van der Waals surface area (Å²) in [7, 11) is 0. The van der Waals surface area contributed by atoms with Crippen molar-refractivity contribution in [2.24, 2.45) is 0 Å². The third kappa shape index (κ3) is 2.18. The molecule has 0 unspecified atom stereocenters. The molecule has 2 rings (SSSR count). The minimum atomic E-state index is 0.902. The van der Waals surface area contributed by atoms with Gasteiger partial charge >= 0.3 is 0 Å². The molecule has 0 atom stereocenters. The Labute approximate surface area is 85.1 Å². The molecule has 1 heterocycles. The molecule has 13 heavy (non-hydrogen) atoms. The van der Waals surface area contributed by atoms with Gasteiger partial charge in [0.05, 0.1) is 0 Å². The molecule has 0 saturated heterocycles. The highest BCUT2D eigenvalue weighted by Gasteiger charge is 1.97. The van der Waals surface area contributed by atoms with E-state index >= 15 is 0 Å². The standard InChI is InChI=1S/C10H9BrN2/c11-9-3-1-2-8(6-9)7-10-4-5-12-13-10/h1-6H,7H2,(H,12,13). The number of rotatable bonds is 2. The van der Waals surface area contributed by atoms with Crippen LogP contribution in [0.25, 0.3) is 0 Å². The molecule has 0 spiro atoms. The van der Waals surface area contributed by atoms with E-state index in [1.807, 2.05) is 18.2 Å². The highest BCUT2D eigenvalue weighted by molar-refractivity contribution is 9.10. The van der Waals surface area contributed by atoms with Gasteiger partial charge in [0.25, 0.3) is 0 Å². The molecule has 1 N–H and O–H groups in total. The second kappa shape index (κ2) is 3.75. The van der Waals surface area contributed by atoms with E-state index in [0.717, 1.165) is 16.6 Å². The number of hydrogen-bond donors (Lipinski definition) is 1. The minimum absolute atomic E-state index is 0.902. The zero-order valence-electron chi connectivity index (χ0n) is 7.00. The fraction of sp³-hybridized carbons (Fsp3) is 0.100. The highest BCUT2D eigenvalue weighted by Crippen LogP contribution is 2.13. The molecule has 0 aliphatic rings. The third-order valence-electron chi connectivity index (χ3n) is 1.84. The SMILES string of the molecule is Brc1cccc(Cc2ccn[nH]2)c1. The zero-order valence-corrected chi connectivity index (χ0v) is 8.58. The zero-order chi connectivity index (χ0) is 9.10. The first-order chi connectivity index (χ1) is 6.34. The Hall–Kier alpha value is -1.09. The van der Waals surface area contributed by atoms with Crippen molar-refractivity contribution in [3.8, 4) is 0 Å². The van der Waals surface area contributed by atoms with Crippen LogP contribution in [0.3, 0.4) is 0 Å². The van der Waals surface area contributed by atoms with Gasteiger partial charge < -0.3 is 0 Å². The van der Waals surface area contributed by atoms with Gasteiger partial charge in [-0.2, -0.15) is 5.10 Å². The van der Waals surface area contributed by atoms with E-state index in [4.69, 9.17) is 0 Å². The van der Waals surface area contributed by atoms with Crippen LogP contribution in [0.5, 0.6) is 0 Å². The third-order valence-corrected chi connectivity index (χ3v) is 2.34. The van der Waals surface area contributed by atoms with Gasteiger partial charge in [-0.15, -0.1) is 0 Å². The lowest BCUT2D eigenvalue weighted by Crippen LogP contribution is -1.87. The van der Waals surface area contributed by atoms with Gasteiger partial charge in [0, 0.05) is 22.8 Å². The van der Waals surface area contributed by atoms with Crippen LogP contribution in [0.1, 0.15) is 11.3 Å². The molecule has 0 fully saturated rings. The second-order valence-electron chi connectivity index (χ2n) is 2.89. The first-order valence-electron chi connectivity index (χ1n) is 4.07. The summed E-state index contributed by atoms with van der Waals surface area (Å²) >= 11 is 3.44. The van der Waals surface area contributed by atoms with E-state index in [1.54, 1.807) is 6.20 Å². The van der Waals surface area contributed by atoms with Crippen molar-refractivity contribution in [3.63, 3.8) is 0 Å². The molecule has 0 amide bonds. The molecule has 2 nitrogen and oxygen atoms in total. The van der Waals surface area contributed by atoms with Gasteiger partial charge in [0.1, 0.15) is 0 Å². The molecule has 0 aliphatic carbocycles. The number of benzene rings is 1. The van der Waals surface area contributed by atoms with E-state index in [0.29, 0.717) is 0 Å². The largest absolute Gasteiger partial charge is 0.282 e. The molecule has 0 aliphatic heterocycles. The predicted octanol–water partition coefficient (Wildman–Crippen LogP) is 2.76. The number of aromatic amines is 1. The van der Waals surface area contributed by atoms with E-state index in [1.165, 1.54) is 5.56 Å². The number of H-pyrrole nitrogens is 1. The van der Waals surface area contributed by atoms with Crippen molar-refractivity contribution in [1.29, 1.82) is 0 Å². The van der Waals surface area contributed by atoms with Crippen LogP contribution in [0, 0.1) is 0 Å². The smallest absolute Gasteiger partial charge is 0.0490 e. The normalized spacial score (nSPS) is 10.2. The van der Waals surface area contributed by atoms with Crippen molar-refractivity contribution >= 4 is 15.9 Å². The van der Waals surface area contributed by atoms with Gasteiger partial charge in [-0.25, -0.2) is 0 Å². The number of nitrogens with one attached hydrogen (secondary N) is 1. The summed E-state index contributed by atoms with van der Waals surface area (Å²) in [5, 5.41) is 6.84. The molecule has 0 bridgehead atoms. The first-order valence-corrected chi connectivity index (χ1v) is 4.86. The Morgan fingerprint density at radius 1 is 1.31 bits per heavy atom. The lowest BCUT2D eigenvalue weighted by atomic mass is 10.1. The summed E-state index contributed by atoms with van der Waals surface area (Å²) in [5.41, 5.74) is 2.41. The summed E-state index contributed by atoms with van der Waals surface area (Å²) < 4.78 is 1.12. The molecule has 0 saturated carbocycles. The van der Waals surface area contributed by atoms with Crippen LogP contribution < -0.4 is 0 Å². The topological polar surface area (TPSA) is 28.7 Å². The fourth-order valence-electron chi connectivity index (χ4n) is 1.25. The van der Waals surface area contributed by atoms with Crippen LogP contribution in [0.4, 0.5) is 0 Å². The van der Waals surface area contributed by atoms with Crippen LogP contribution in [-0.4, -0.2) is 10.2 Å². The van der Waals surface area contributed by atoms with E-state index in [9.17, 15) is 0 Å². The average Bonchev–Trinajstić information content (AvgIpc) is 2.57. The summed E-state index contributed by atoms with van der Waals surface area (Å²) in [5.74, 6) is 0. The Morgan fingerprint density at radius 3 is 2.92 bits per heavy atom. The number of halogens is 1. The Balaban J connectivity index is 2.19. The van der Waals surface area contributed by atoms with Crippen LogP contribution in [-0.2, 0) is 6.42 Å². The summed E-state index contributed by atoms with van der Waals surface area (Å²) in [6, 6.07) is 10.3. The summed E-state index contributed by atoms with van der Waals surface area (Å²) in [6.45, 7) is 0. The maximum absolute atomic E-state index is 3.90. The molecule has 3 heteroatoms. The average molecular weight is 237 g/mol. The predicted molar refractivity (Wildman–Crippen MR) is 55.5 cm³/mol. The number of hydrogen-bond acceptors (Lipinski definition) is 1. The molecule has 66 valence electrons. The van der Waals surface area contributed by atoms with E-state index < -0.39 is 0 Å². The van der Waals surface area contributed by atoms with Crippen molar-refractivity contribution in [2.45, 2.75) is 6.42 Å². The molecule has 1 aromatic carbocycles. The van der Waals surface area contributed by atoms with Crippen molar-refractivity contribution in [1.82, 2.24) is 10.2 Å². The molecule has 2 aromatic rings. The Kier molecular flexibility index (Phi) is 2.45. The number of nitrogens with zero attached hydrogens (tertiary/aromatic N) is 1. The first kappa shape index (κ1) is 8.51.